The monoisotopic (exact) mass is 261 g/mol. The fraction of sp³-hybridized carbons (Fsp3) is 0.429. The zero-order valence-electron chi connectivity index (χ0n) is 11.5. The summed E-state index contributed by atoms with van der Waals surface area (Å²) in [5.41, 5.74) is 2.72. The molecule has 2 aromatic heterocycles. The third kappa shape index (κ3) is 3.47. The van der Waals surface area contributed by atoms with E-state index >= 15 is 0 Å². The van der Waals surface area contributed by atoms with Crippen LogP contribution in [-0.2, 0) is 6.54 Å². The average Bonchev–Trinajstić information content (AvgIpc) is 2.97. The van der Waals surface area contributed by atoms with Crippen molar-refractivity contribution in [1.29, 1.82) is 0 Å². The van der Waals surface area contributed by atoms with E-state index in [-0.39, 0.29) is 5.91 Å². The second kappa shape index (κ2) is 5.73. The molecule has 102 valence electrons. The highest BCUT2D eigenvalue weighted by Crippen LogP contribution is 2.06. The predicted molar refractivity (Wildman–Crippen MR) is 71.9 cm³/mol. The van der Waals surface area contributed by atoms with Crippen molar-refractivity contribution in [2.75, 3.05) is 6.54 Å². The maximum atomic E-state index is 11.7. The lowest BCUT2D eigenvalue weighted by Crippen LogP contribution is -2.30. The molecule has 0 saturated carbocycles. The van der Waals surface area contributed by atoms with Gasteiger partial charge in [-0.2, -0.15) is 5.10 Å². The molecule has 2 aromatic rings. The summed E-state index contributed by atoms with van der Waals surface area (Å²) >= 11 is 0. The summed E-state index contributed by atoms with van der Waals surface area (Å²) in [6, 6.07) is 3.71. The predicted octanol–water partition coefficient (Wildman–Crippen LogP) is 2.16. The first-order valence-electron chi connectivity index (χ1n) is 6.37. The van der Waals surface area contributed by atoms with Gasteiger partial charge < -0.3 is 9.73 Å². The third-order valence-corrected chi connectivity index (χ3v) is 2.98. The van der Waals surface area contributed by atoms with Crippen molar-refractivity contribution in [1.82, 2.24) is 15.1 Å². The van der Waals surface area contributed by atoms with Gasteiger partial charge in [0.15, 0.2) is 0 Å². The maximum Gasteiger partial charge on any atom is 0.254 e. The lowest BCUT2D eigenvalue weighted by Gasteiger charge is -2.13. The van der Waals surface area contributed by atoms with Gasteiger partial charge in [0, 0.05) is 18.8 Å². The molecule has 5 heteroatoms. The number of hydrogen-bond acceptors (Lipinski definition) is 3. The summed E-state index contributed by atoms with van der Waals surface area (Å²) < 4.78 is 6.86. The van der Waals surface area contributed by atoms with E-state index in [1.54, 1.807) is 6.07 Å². The van der Waals surface area contributed by atoms with Gasteiger partial charge in [0.1, 0.15) is 6.26 Å². The number of carbonyl (C=O) groups is 1. The van der Waals surface area contributed by atoms with Crippen molar-refractivity contribution in [2.24, 2.45) is 5.92 Å². The highest BCUT2D eigenvalue weighted by atomic mass is 16.3. The standard InChI is InChI=1S/C14H19N3O2/c1-10(8-17-12(3)6-11(2)16-17)7-15-14(18)13-4-5-19-9-13/h4-6,9-10H,7-8H2,1-3H3,(H,15,18)/t10-/m0/s1. The summed E-state index contributed by atoms with van der Waals surface area (Å²) in [6.07, 6.45) is 2.94. The van der Waals surface area contributed by atoms with Crippen LogP contribution in [0.3, 0.4) is 0 Å². The van der Waals surface area contributed by atoms with Gasteiger partial charge in [0.2, 0.25) is 0 Å². The van der Waals surface area contributed by atoms with Crippen molar-refractivity contribution in [3.63, 3.8) is 0 Å². The number of furan rings is 1. The molecule has 0 fully saturated rings. The molecule has 5 nitrogen and oxygen atoms in total. The first-order chi connectivity index (χ1) is 9.06. The van der Waals surface area contributed by atoms with Gasteiger partial charge in [-0.25, -0.2) is 0 Å². The molecule has 0 unspecified atom stereocenters. The largest absolute Gasteiger partial charge is 0.472 e. The maximum absolute atomic E-state index is 11.7. The highest BCUT2D eigenvalue weighted by molar-refractivity contribution is 5.93. The van der Waals surface area contributed by atoms with Crippen molar-refractivity contribution < 1.29 is 9.21 Å². The Balaban J connectivity index is 1.83. The Morgan fingerprint density at radius 2 is 2.32 bits per heavy atom. The highest BCUT2D eigenvalue weighted by Gasteiger charge is 2.10. The van der Waals surface area contributed by atoms with E-state index < -0.39 is 0 Å². The number of rotatable bonds is 5. The minimum Gasteiger partial charge on any atom is -0.472 e. The lowest BCUT2D eigenvalue weighted by molar-refractivity contribution is 0.0946. The molecule has 0 radical (unpaired) electrons. The van der Waals surface area contributed by atoms with Gasteiger partial charge in [-0.05, 0) is 31.9 Å². The molecule has 2 heterocycles. The van der Waals surface area contributed by atoms with E-state index in [0.29, 0.717) is 18.0 Å². The molecule has 19 heavy (non-hydrogen) atoms. The molecular formula is C14H19N3O2. The molecule has 1 atom stereocenters. The summed E-state index contributed by atoms with van der Waals surface area (Å²) in [5.74, 6) is 0.211. The molecule has 2 rings (SSSR count). The van der Waals surface area contributed by atoms with Crippen molar-refractivity contribution in [3.8, 4) is 0 Å². The van der Waals surface area contributed by atoms with Crippen LogP contribution in [-0.4, -0.2) is 22.2 Å². The smallest absolute Gasteiger partial charge is 0.254 e. The van der Waals surface area contributed by atoms with Crippen LogP contribution in [0, 0.1) is 19.8 Å². The Morgan fingerprint density at radius 3 is 2.89 bits per heavy atom. The average molecular weight is 261 g/mol. The van der Waals surface area contributed by atoms with E-state index in [4.69, 9.17) is 4.42 Å². The molecule has 0 aliphatic carbocycles. The van der Waals surface area contributed by atoms with Crippen molar-refractivity contribution >= 4 is 5.91 Å². The zero-order valence-corrected chi connectivity index (χ0v) is 11.5. The van der Waals surface area contributed by atoms with Crippen LogP contribution in [0.4, 0.5) is 0 Å². The topological polar surface area (TPSA) is 60.1 Å². The Morgan fingerprint density at radius 1 is 1.53 bits per heavy atom. The second-order valence-electron chi connectivity index (χ2n) is 4.94. The van der Waals surface area contributed by atoms with Crippen LogP contribution in [0.5, 0.6) is 0 Å². The lowest BCUT2D eigenvalue weighted by atomic mass is 10.1. The van der Waals surface area contributed by atoms with Crippen LogP contribution in [0.1, 0.15) is 28.7 Å². The van der Waals surface area contributed by atoms with Crippen LogP contribution in [0.25, 0.3) is 0 Å². The molecule has 0 aromatic carbocycles. The molecule has 0 aliphatic heterocycles. The second-order valence-corrected chi connectivity index (χ2v) is 4.94. The van der Waals surface area contributed by atoms with Crippen molar-refractivity contribution in [3.05, 3.63) is 41.6 Å². The number of amides is 1. The third-order valence-electron chi connectivity index (χ3n) is 2.98. The van der Waals surface area contributed by atoms with Crippen LogP contribution in [0.2, 0.25) is 0 Å². The zero-order chi connectivity index (χ0) is 13.8. The summed E-state index contributed by atoms with van der Waals surface area (Å²) in [7, 11) is 0. The Labute approximate surface area is 112 Å². The molecule has 0 spiro atoms. The molecule has 1 N–H and O–H groups in total. The normalized spacial score (nSPS) is 12.4. The fourth-order valence-corrected chi connectivity index (χ4v) is 1.98. The molecular weight excluding hydrogens is 242 g/mol. The Hall–Kier alpha value is -2.04. The number of aryl methyl sites for hydroxylation is 2. The number of hydrogen-bond donors (Lipinski definition) is 1. The van der Waals surface area contributed by atoms with Crippen molar-refractivity contribution in [2.45, 2.75) is 27.3 Å². The molecule has 0 bridgehead atoms. The van der Waals surface area contributed by atoms with Crippen LogP contribution >= 0.6 is 0 Å². The fourth-order valence-electron chi connectivity index (χ4n) is 1.98. The van der Waals surface area contributed by atoms with Gasteiger partial charge >= 0.3 is 0 Å². The summed E-state index contributed by atoms with van der Waals surface area (Å²) in [4.78, 5) is 11.7. The first kappa shape index (κ1) is 13.4. The van der Waals surface area contributed by atoms with Gasteiger partial charge in [-0.15, -0.1) is 0 Å². The number of nitrogens with zero attached hydrogens (tertiary/aromatic N) is 2. The van der Waals surface area contributed by atoms with E-state index in [2.05, 4.69) is 23.4 Å². The van der Waals surface area contributed by atoms with Gasteiger partial charge in [-0.1, -0.05) is 6.92 Å². The van der Waals surface area contributed by atoms with Crippen LogP contribution < -0.4 is 5.32 Å². The minimum atomic E-state index is -0.103. The van der Waals surface area contributed by atoms with Gasteiger partial charge in [0.05, 0.1) is 17.5 Å². The van der Waals surface area contributed by atoms with E-state index in [0.717, 1.165) is 17.9 Å². The number of nitrogens with one attached hydrogen (secondary N) is 1. The number of aromatic nitrogens is 2. The van der Waals surface area contributed by atoms with Crippen LogP contribution in [0.15, 0.2) is 29.1 Å². The summed E-state index contributed by atoms with van der Waals surface area (Å²) in [5, 5.41) is 7.31. The SMILES string of the molecule is Cc1cc(C)n(C[C@@H](C)CNC(=O)c2ccoc2)n1. The Kier molecular flexibility index (Phi) is 4.04. The number of carbonyl (C=O) groups excluding carboxylic acids is 1. The quantitative estimate of drug-likeness (QED) is 0.897. The minimum absolute atomic E-state index is 0.103. The molecule has 0 aliphatic rings. The van der Waals surface area contributed by atoms with E-state index in [1.165, 1.54) is 12.5 Å². The molecule has 0 saturated heterocycles. The van der Waals surface area contributed by atoms with Gasteiger partial charge in [-0.3, -0.25) is 9.48 Å². The van der Waals surface area contributed by atoms with E-state index in [9.17, 15) is 4.79 Å². The summed E-state index contributed by atoms with van der Waals surface area (Å²) in [6.45, 7) is 7.52. The van der Waals surface area contributed by atoms with E-state index in [1.807, 2.05) is 18.5 Å². The first-order valence-corrected chi connectivity index (χ1v) is 6.37. The molecule has 1 amide bonds. The van der Waals surface area contributed by atoms with Gasteiger partial charge in [0.25, 0.3) is 5.91 Å². The Bertz CT molecular complexity index is 543.